The topological polar surface area (TPSA) is 81.2 Å². The van der Waals surface area contributed by atoms with Gasteiger partial charge >= 0.3 is 0 Å². The molecule has 124 valence electrons. The van der Waals surface area contributed by atoms with Crippen LogP contribution >= 0.6 is 0 Å². The molecule has 0 aliphatic heterocycles. The molecule has 0 saturated carbocycles. The largest absolute Gasteiger partial charge is 0.387 e. The monoisotopic (exact) mass is 325 g/mol. The third-order valence-electron chi connectivity index (χ3n) is 4.03. The highest BCUT2D eigenvalue weighted by atomic mass is 16.6. The maximum absolute atomic E-state index is 10.9. The minimum Gasteiger partial charge on any atom is -0.387 e. The van der Waals surface area contributed by atoms with Crippen LogP contribution in [0.3, 0.4) is 0 Å². The number of aliphatic hydroxyl groups is 1. The summed E-state index contributed by atoms with van der Waals surface area (Å²) in [6.07, 6.45) is 0.935. The predicted octanol–water partition coefficient (Wildman–Crippen LogP) is 3.63. The molecule has 0 fully saturated rings. The van der Waals surface area contributed by atoms with E-state index < -0.39 is 11.0 Å². The van der Waals surface area contributed by atoms with Crippen molar-refractivity contribution in [3.8, 4) is 0 Å². The number of benzene rings is 2. The summed E-state index contributed by atoms with van der Waals surface area (Å²) in [6, 6.07) is 13.9. The Morgan fingerprint density at radius 1 is 1.25 bits per heavy atom. The third kappa shape index (κ3) is 3.14. The van der Waals surface area contributed by atoms with E-state index in [-0.39, 0.29) is 5.69 Å². The van der Waals surface area contributed by atoms with Gasteiger partial charge < -0.3 is 9.67 Å². The van der Waals surface area contributed by atoms with E-state index in [1.807, 2.05) is 28.8 Å². The Bertz CT molecular complexity index is 873. The maximum atomic E-state index is 10.9. The second-order valence-electron chi connectivity index (χ2n) is 5.75. The van der Waals surface area contributed by atoms with Crippen molar-refractivity contribution in [2.75, 3.05) is 0 Å². The van der Waals surface area contributed by atoms with Crippen LogP contribution in [0.1, 0.15) is 30.8 Å². The fourth-order valence-electron chi connectivity index (χ4n) is 2.87. The first-order valence-corrected chi connectivity index (χ1v) is 7.96. The first-order chi connectivity index (χ1) is 11.6. The highest BCUT2D eigenvalue weighted by Gasteiger charge is 2.17. The predicted molar refractivity (Wildman–Crippen MR) is 91.8 cm³/mol. The Balaban J connectivity index is 1.95. The summed E-state index contributed by atoms with van der Waals surface area (Å²) in [6.45, 7) is 2.40. The molecule has 1 N–H and O–H groups in total. The van der Waals surface area contributed by atoms with Gasteiger partial charge in [-0.2, -0.15) is 0 Å². The van der Waals surface area contributed by atoms with Gasteiger partial charge in [0.15, 0.2) is 0 Å². The lowest BCUT2D eigenvalue weighted by molar-refractivity contribution is -0.385. The van der Waals surface area contributed by atoms with Gasteiger partial charge in [-0.15, -0.1) is 0 Å². The summed E-state index contributed by atoms with van der Waals surface area (Å²) in [4.78, 5) is 15.1. The summed E-state index contributed by atoms with van der Waals surface area (Å²) in [5, 5.41) is 21.5. The first-order valence-electron chi connectivity index (χ1n) is 7.96. The maximum Gasteiger partial charge on any atom is 0.269 e. The summed E-state index contributed by atoms with van der Waals surface area (Å²) in [5.41, 5.74) is 2.37. The van der Waals surface area contributed by atoms with E-state index in [2.05, 4.69) is 11.9 Å². The Hall–Kier alpha value is -2.73. The number of aryl methyl sites for hydroxylation is 1. The van der Waals surface area contributed by atoms with Crippen molar-refractivity contribution >= 4 is 16.7 Å². The van der Waals surface area contributed by atoms with Crippen molar-refractivity contribution in [2.24, 2.45) is 0 Å². The normalized spacial score (nSPS) is 12.4. The molecule has 0 bridgehead atoms. The molecule has 0 spiro atoms. The molecule has 0 aliphatic rings. The molecule has 0 radical (unpaired) electrons. The van der Waals surface area contributed by atoms with Crippen LogP contribution in [0.15, 0.2) is 48.5 Å². The standard InChI is InChI=1S/C18H19N3O3/c1-2-6-18-19-15-9-3-4-10-16(15)20(18)12-17(22)13-7-5-8-14(11-13)21(23)24/h3-5,7-11,17,22H,2,6,12H2,1H3. The number of rotatable bonds is 6. The van der Waals surface area contributed by atoms with E-state index in [1.54, 1.807) is 12.1 Å². The zero-order valence-electron chi connectivity index (χ0n) is 13.4. The van der Waals surface area contributed by atoms with Gasteiger partial charge in [0.2, 0.25) is 0 Å². The average Bonchev–Trinajstić information content (AvgIpc) is 2.93. The molecule has 1 aromatic heterocycles. The molecule has 6 heteroatoms. The second kappa shape index (κ2) is 6.80. The molecule has 6 nitrogen and oxygen atoms in total. The molecule has 0 saturated heterocycles. The number of para-hydroxylation sites is 2. The van der Waals surface area contributed by atoms with E-state index in [0.717, 1.165) is 29.7 Å². The van der Waals surface area contributed by atoms with Gasteiger partial charge in [-0.05, 0) is 24.1 Å². The van der Waals surface area contributed by atoms with Crippen LogP contribution in [-0.4, -0.2) is 19.6 Å². The molecular weight excluding hydrogens is 306 g/mol. The minimum absolute atomic E-state index is 0.0178. The van der Waals surface area contributed by atoms with Crippen molar-refractivity contribution in [3.05, 3.63) is 70.0 Å². The molecule has 1 unspecified atom stereocenters. The number of fused-ring (bicyclic) bond motifs is 1. The van der Waals surface area contributed by atoms with Crippen molar-refractivity contribution in [1.29, 1.82) is 0 Å². The lowest BCUT2D eigenvalue weighted by Gasteiger charge is -2.15. The van der Waals surface area contributed by atoms with Crippen molar-refractivity contribution in [2.45, 2.75) is 32.4 Å². The number of nitrogens with zero attached hydrogens (tertiary/aromatic N) is 3. The highest BCUT2D eigenvalue weighted by molar-refractivity contribution is 5.75. The number of hydrogen-bond donors (Lipinski definition) is 1. The number of aliphatic hydroxyl groups excluding tert-OH is 1. The van der Waals surface area contributed by atoms with Crippen molar-refractivity contribution in [3.63, 3.8) is 0 Å². The van der Waals surface area contributed by atoms with E-state index in [1.165, 1.54) is 12.1 Å². The van der Waals surface area contributed by atoms with Gasteiger partial charge in [0.1, 0.15) is 5.82 Å². The second-order valence-corrected chi connectivity index (χ2v) is 5.75. The van der Waals surface area contributed by atoms with Gasteiger partial charge in [0, 0.05) is 18.6 Å². The lowest BCUT2D eigenvalue weighted by Crippen LogP contribution is -2.12. The Morgan fingerprint density at radius 2 is 2.04 bits per heavy atom. The van der Waals surface area contributed by atoms with Crippen LogP contribution in [0.25, 0.3) is 11.0 Å². The van der Waals surface area contributed by atoms with Crippen molar-refractivity contribution < 1.29 is 10.0 Å². The quantitative estimate of drug-likeness (QED) is 0.554. The fourth-order valence-corrected chi connectivity index (χ4v) is 2.87. The SMILES string of the molecule is CCCc1nc2ccccc2n1CC(O)c1cccc([N+](=O)[O-])c1. The molecule has 1 atom stereocenters. The zero-order chi connectivity index (χ0) is 17.1. The van der Waals surface area contributed by atoms with E-state index in [9.17, 15) is 15.2 Å². The van der Waals surface area contributed by atoms with Gasteiger partial charge in [0.25, 0.3) is 5.69 Å². The summed E-state index contributed by atoms with van der Waals surface area (Å²) >= 11 is 0. The van der Waals surface area contributed by atoms with Crippen LogP contribution < -0.4 is 0 Å². The average molecular weight is 325 g/mol. The number of nitro groups is 1. The van der Waals surface area contributed by atoms with Crippen LogP contribution in [-0.2, 0) is 13.0 Å². The molecule has 1 heterocycles. The summed E-state index contributed by atoms with van der Waals surface area (Å²) in [5.74, 6) is 0.920. The molecule has 0 aliphatic carbocycles. The van der Waals surface area contributed by atoms with Crippen molar-refractivity contribution in [1.82, 2.24) is 9.55 Å². The van der Waals surface area contributed by atoms with Gasteiger partial charge in [-0.3, -0.25) is 10.1 Å². The minimum atomic E-state index is -0.835. The summed E-state index contributed by atoms with van der Waals surface area (Å²) < 4.78 is 2.00. The Morgan fingerprint density at radius 3 is 2.79 bits per heavy atom. The van der Waals surface area contributed by atoms with E-state index in [4.69, 9.17) is 0 Å². The molecule has 3 rings (SSSR count). The number of non-ortho nitro benzene ring substituents is 1. The number of aromatic nitrogens is 2. The highest BCUT2D eigenvalue weighted by Crippen LogP contribution is 2.24. The zero-order valence-corrected chi connectivity index (χ0v) is 13.4. The fraction of sp³-hybridized carbons (Fsp3) is 0.278. The molecule has 0 amide bonds. The number of nitro benzene ring substituents is 1. The Kier molecular flexibility index (Phi) is 4.57. The molecule has 2 aromatic carbocycles. The van der Waals surface area contributed by atoms with Crippen LogP contribution in [0.2, 0.25) is 0 Å². The third-order valence-corrected chi connectivity index (χ3v) is 4.03. The molecule has 3 aromatic rings. The van der Waals surface area contributed by atoms with Gasteiger partial charge in [-0.1, -0.05) is 31.2 Å². The Labute approximate surface area is 139 Å². The van der Waals surface area contributed by atoms with E-state index in [0.29, 0.717) is 12.1 Å². The smallest absolute Gasteiger partial charge is 0.269 e. The van der Waals surface area contributed by atoms with Crippen LogP contribution in [0.4, 0.5) is 5.69 Å². The van der Waals surface area contributed by atoms with Crippen LogP contribution in [0, 0.1) is 10.1 Å². The van der Waals surface area contributed by atoms with Crippen LogP contribution in [0.5, 0.6) is 0 Å². The van der Waals surface area contributed by atoms with Gasteiger partial charge in [0.05, 0.1) is 28.6 Å². The molecular formula is C18H19N3O3. The summed E-state index contributed by atoms with van der Waals surface area (Å²) in [7, 11) is 0. The van der Waals surface area contributed by atoms with Gasteiger partial charge in [-0.25, -0.2) is 4.98 Å². The van der Waals surface area contributed by atoms with E-state index >= 15 is 0 Å². The molecule has 24 heavy (non-hydrogen) atoms. The lowest BCUT2D eigenvalue weighted by atomic mass is 10.1. The number of hydrogen-bond acceptors (Lipinski definition) is 4. The number of imidazole rings is 1. The first kappa shape index (κ1) is 16.1.